The van der Waals surface area contributed by atoms with Crippen molar-refractivity contribution in [3.05, 3.63) is 146 Å². The maximum atomic E-state index is 4.11. The highest BCUT2D eigenvalue weighted by Crippen LogP contribution is 2.33. The van der Waals surface area contributed by atoms with E-state index in [-0.39, 0.29) is 0 Å². The average Bonchev–Trinajstić information content (AvgIpc) is 2.89. The van der Waals surface area contributed by atoms with Crippen LogP contribution in [0.1, 0.15) is 36.1 Å². The van der Waals surface area contributed by atoms with Crippen LogP contribution in [0.2, 0.25) is 0 Å². The first-order valence-electron chi connectivity index (χ1n) is 11.4. The number of allylic oxidation sites excluding steroid dienone is 2. The third-order valence-corrected chi connectivity index (χ3v) is 5.68. The first kappa shape index (κ1) is 24.5. The molecule has 0 fully saturated rings. The molecule has 0 saturated heterocycles. The van der Waals surface area contributed by atoms with E-state index in [4.69, 9.17) is 0 Å². The molecule has 0 aliphatic carbocycles. The van der Waals surface area contributed by atoms with Gasteiger partial charge in [0.15, 0.2) is 0 Å². The van der Waals surface area contributed by atoms with E-state index in [1.165, 1.54) is 33.4 Å². The summed E-state index contributed by atoms with van der Waals surface area (Å²) in [5.74, 6) is 0. The second kappa shape index (κ2) is 11.6. The third-order valence-electron chi connectivity index (χ3n) is 5.68. The smallest absolute Gasteiger partial charge is 0.00796 e. The van der Waals surface area contributed by atoms with Gasteiger partial charge in [-0.05, 0) is 63.9 Å². The standard InChI is InChI=1S/C18H18.C16H14/c1-13(2)16-11-8-12-17(18(16)14(3)4)15-9-6-5-7-10-15;1-3-13-11-8-12-16(15(13)4-2)14-9-6-5-7-10-14/h5-12H,1,3H2,2,4H3;3-12H,1-2H2. The maximum Gasteiger partial charge on any atom is -0.00796 e. The lowest BCUT2D eigenvalue weighted by atomic mass is 9.89. The van der Waals surface area contributed by atoms with Crippen LogP contribution in [0.4, 0.5) is 0 Å². The Kier molecular flexibility index (Phi) is 8.37. The molecular weight excluding hydrogens is 408 g/mol. The number of rotatable bonds is 6. The normalized spacial score (nSPS) is 9.94. The van der Waals surface area contributed by atoms with Gasteiger partial charge in [0.05, 0.1) is 0 Å². The molecule has 168 valence electrons. The fourth-order valence-electron chi connectivity index (χ4n) is 4.08. The molecule has 0 amide bonds. The van der Waals surface area contributed by atoms with Crippen LogP contribution < -0.4 is 0 Å². The minimum Gasteiger partial charge on any atom is -0.0984 e. The fraction of sp³-hybridized carbons (Fsp3) is 0.0588. The Balaban J connectivity index is 0.000000192. The van der Waals surface area contributed by atoms with E-state index in [2.05, 4.69) is 93.0 Å². The summed E-state index contributed by atoms with van der Waals surface area (Å²) >= 11 is 0. The molecule has 4 aromatic carbocycles. The van der Waals surface area contributed by atoms with Gasteiger partial charge in [-0.2, -0.15) is 0 Å². The zero-order chi connectivity index (χ0) is 24.5. The first-order chi connectivity index (χ1) is 16.5. The van der Waals surface area contributed by atoms with E-state index < -0.39 is 0 Å². The van der Waals surface area contributed by atoms with E-state index in [1.807, 2.05) is 56.3 Å². The molecule has 0 atom stereocenters. The summed E-state index contributed by atoms with van der Waals surface area (Å²) in [5.41, 5.74) is 11.7. The van der Waals surface area contributed by atoms with Gasteiger partial charge in [-0.3, -0.25) is 0 Å². The van der Waals surface area contributed by atoms with Crippen LogP contribution in [0, 0.1) is 0 Å². The van der Waals surface area contributed by atoms with Crippen molar-refractivity contribution in [1.82, 2.24) is 0 Å². The van der Waals surface area contributed by atoms with Crippen LogP contribution in [-0.2, 0) is 0 Å². The minimum absolute atomic E-state index is 1.07. The molecule has 4 aromatic rings. The molecular formula is C34H32. The highest BCUT2D eigenvalue weighted by molar-refractivity contribution is 5.87. The van der Waals surface area contributed by atoms with Crippen molar-refractivity contribution in [3.63, 3.8) is 0 Å². The molecule has 0 radical (unpaired) electrons. The Morgan fingerprint density at radius 2 is 1.09 bits per heavy atom. The Hall–Kier alpha value is -4.16. The van der Waals surface area contributed by atoms with E-state index in [9.17, 15) is 0 Å². The number of benzene rings is 4. The predicted octanol–water partition coefficient (Wildman–Crippen LogP) is 10.1. The Morgan fingerprint density at radius 1 is 0.559 bits per heavy atom. The van der Waals surface area contributed by atoms with Crippen LogP contribution in [0.3, 0.4) is 0 Å². The molecule has 0 bridgehead atoms. The van der Waals surface area contributed by atoms with Gasteiger partial charge < -0.3 is 0 Å². The van der Waals surface area contributed by atoms with Crippen LogP contribution in [0.15, 0.2) is 123 Å². The van der Waals surface area contributed by atoms with Crippen LogP contribution in [-0.4, -0.2) is 0 Å². The van der Waals surface area contributed by atoms with Gasteiger partial charge in [-0.1, -0.05) is 141 Å². The van der Waals surface area contributed by atoms with E-state index in [0.717, 1.165) is 22.3 Å². The SMILES string of the molecule is C=C(C)c1cccc(-c2ccccc2)c1C(=C)C.C=Cc1cccc(-c2ccccc2)c1C=C. The molecule has 0 unspecified atom stereocenters. The molecule has 0 heterocycles. The first-order valence-corrected chi connectivity index (χ1v) is 11.4. The second-order valence-electron chi connectivity index (χ2n) is 8.24. The van der Waals surface area contributed by atoms with Crippen LogP contribution in [0.5, 0.6) is 0 Å². The lowest BCUT2D eigenvalue weighted by Gasteiger charge is -2.15. The summed E-state index contributed by atoms with van der Waals surface area (Å²) in [6.45, 7) is 20.0. The highest BCUT2D eigenvalue weighted by atomic mass is 14.1. The summed E-state index contributed by atoms with van der Waals surface area (Å²) in [4.78, 5) is 0. The van der Waals surface area contributed by atoms with Crippen molar-refractivity contribution in [2.45, 2.75) is 13.8 Å². The molecule has 34 heavy (non-hydrogen) atoms. The predicted molar refractivity (Wildman–Crippen MR) is 153 cm³/mol. The van der Waals surface area contributed by atoms with Gasteiger partial charge >= 0.3 is 0 Å². The Labute approximate surface area is 204 Å². The Bertz CT molecular complexity index is 1310. The van der Waals surface area contributed by atoms with Crippen molar-refractivity contribution in [1.29, 1.82) is 0 Å². The summed E-state index contributed by atoms with van der Waals surface area (Å²) in [5, 5.41) is 0. The summed E-state index contributed by atoms with van der Waals surface area (Å²) in [7, 11) is 0. The fourth-order valence-corrected chi connectivity index (χ4v) is 4.08. The van der Waals surface area contributed by atoms with Crippen LogP contribution in [0.25, 0.3) is 45.6 Å². The molecule has 0 spiro atoms. The van der Waals surface area contributed by atoms with Crippen molar-refractivity contribution >= 4 is 23.3 Å². The average molecular weight is 441 g/mol. The van der Waals surface area contributed by atoms with Gasteiger partial charge in [0, 0.05) is 0 Å². The van der Waals surface area contributed by atoms with Crippen molar-refractivity contribution < 1.29 is 0 Å². The van der Waals surface area contributed by atoms with Gasteiger partial charge in [0.1, 0.15) is 0 Å². The molecule has 0 heteroatoms. The van der Waals surface area contributed by atoms with Gasteiger partial charge in [-0.25, -0.2) is 0 Å². The maximum absolute atomic E-state index is 4.11. The van der Waals surface area contributed by atoms with E-state index >= 15 is 0 Å². The summed E-state index contributed by atoms with van der Waals surface area (Å²) in [6, 6.07) is 33.3. The zero-order valence-electron chi connectivity index (χ0n) is 20.2. The van der Waals surface area contributed by atoms with E-state index in [0.29, 0.717) is 0 Å². The second-order valence-corrected chi connectivity index (χ2v) is 8.24. The summed E-state index contributed by atoms with van der Waals surface area (Å²) < 4.78 is 0. The lowest BCUT2D eigenvalue weighted by Crippen LogP contribution is -1.93. The van der Waals surface area contributed by atoms with Gasteiger partial charge in [-0.15, -0.1) is 0 Å². The lowest BCUT2D eigenvalue weighted by molar-refractivity contribution is 1.48. The monoisotopic (exact) mass is 440 g/mol. The zero-order valence-corrected chi connectivity index (χ0v) is 20.2. The quantitative estimate of drug-likeness (QED) is 0.280. The topological polar surface area (TPSA) is 0 Å². The molecule has 4 rings (SSSR count). The van der Waals surface area contributed by atoms with Crippen molar-refractivity contribution in [2.75, 3.05) is 0 Å². The molecule has 0 N–H and O–H groups in total. The van der Waals surface area contributed by atoms with Crippen LogP contribution >= 0.6 is 0 Å². The van der Waals surface area contributed by atoms with Crippen molar-refractivity contribution in [3.8, 4) is 22.3 Å². The van der Waals surface area contributed by atoms with Crippen molar-refractivity contribution in [2.24, 2.45) is 0 Å². The number of hydrogen-bond donors (Lipinski definition) is 0. The highest BCUT2D eigenvalue weighted by Gasteiger charge is 2.11. The third kappa shape index (κ3) is 5.60. The largest absolute Gasteiger partial charge is 0.0984 e. The molecule has 0 aliphatic rings. The van der Waals surface area contributed by atoms with Gasteiger partial charge in [0.2, 0.25) is 0 Å². The van der Waals surface area contributed by atoms with E-state index in [1.54, 1.807) is 0 Å². The Morgan fingerprint density at radius 3 is 1.59 bits per heavy atom. The molecule has 0 aromatic heterocycles. The minimum atomic E-state index is 1.07. The molecule has 0 saturated carbocycles. The van der Waals surface area contributed by atoms with Gasteiger partial charge in [0.25, 0.3) is 0 Å². The molecule has 0 aliphatic heterocycles. The molecule has 0 nitrogen and oxygen atoms in total. The number of hydrogen-bond acceptors (Lipinski definition) is 0. The summed E-state index contributed by atoms with van der Waals surface area (Å²) in [6.07, 6.45) is 3.75.